The molecule has 3 rings (SSSR count). The fourth-order valence-corrected chi connectivity index (χ4v) is 3.56. The maximum atomic E-state index is 5.69. The molecule has 2 nitrogen and oxygen atoms in total. The minimum Gasteiger partial charge on any atom is -0.381 e. The lowest BCUT2D eigenvalue weighted by molar-refractivity contribution is 0.00304. The minimum atomic E-state index is 0.567. The van der Waals surface area contributed by atoms with Gasteiger partial charge in [-0.3, -0.25) is 0 Å². The molecule has 0 radical (unpaired) electrons. The molecule has 0 amide bonds. The average molecular weight is 209 g/mol. The van der Waals surface area contributed by atoms with Gasteiger partial charge in [-0.05, 0) is 44.6 Å². The smallest absolute Gasteiger partial charge is 0.0630 e. The first-order chi connectivity index (χ1) is 7.35. The van der Waals surface area contributed by atoms with Crippen LogP contribution >= 0.6 is 0 Å². The van der Waals surface area contributed by atoms with Crippen molar-refractivity contribution >= 4 is 0 Å². The first-order valence-electron chi connectivity index (χ1n) is 6.61. The van der Waals surface area contributed by atoms with Crippen molar-refractivity contribution in [2.75, 3.05) is 13.7 Å². The predicted octanol–water partition coefficient (Wildman–Crippen LogP) is 2.33. The van der Waals surface area contributed by atoms with Crippen LogP contribution in [0.2, 0.25) is 0 Å². The summed E-state index contributed by atoms with van der Waals surface area (Å²) in [6.45, 7) is 1.25. The van der Waals surface area contributed by atoms with Crippen molar-refractivity contribution in [3.05, 3.63) is 0 Å². The average Bonchev–Trinajstić information content (AvgIpc) is 3.13. The second-order valence-electron chi connectivity index (χ2n) is 5.79. The van der Waals surface area contributed by atoms with E-state index in [1.807, 2.05) is 7.11 Å². The van der Waals surface area contributed by atoms with E-state index in [9.17, 15) is 0 Å². The Bertz CT molecular complexity index is 237. The molecule has 3 aliphatic carbocycles. The van der Waals surface area contributed by atoms with E-state index in [1.54, 1.807) is 0 Å². The number of nitrogens with one attached hydrogen (secondary N) is 1. The number of ether oxygens (including phenoxy) is 1. The second-order valence-corrected chi connectivity index (χ2v) is 5.79. The summed E-state index contributed by atoms with van der Waals surface area (Å²) in [6, 6.07) is 0.868. The van der Waals surface area contributed by atoms with E-state index in [0.717, 1.165) is 12.0 Å². The summed E-state index contributed by atoms with van der Waals surface area (Å²) in [6.07, 6.45) is 10.3. The highest BCUT2D eigenvalue weighted by Gasteiger charge is 2.59. The van der Waals surface area contributed by atoms with Gasteiger partial charge < -0.3 is 10.1 Å². The van der Waals surface area contributed by atoms with Gasteiger partial charge in [0.15, 0.2) is 0 Å². The lowest BCUT2D eigenvalue weighted by Gasteiger charge is -2.32. The van der Waals surface area contributed by atoms with Crippen molar-refractivity contribution in [2.24, 2.45) is 11.3 Å². The Hall–Kier alpha value is -0.0800. The summed E-state index contributed by atoms with van der Waals surface area (Å²) in [4.78, 5) is 0. The Labute approximate surface area is 92.8 Å². The maximum Gasteiger partial charge on any atom is 0.0630 e. The summed E-state index contributed by atoms with van der Waals surface area (Å²) >= 11 is 0. The zero-order valence-corrected chi connectivity index (χ0v) is 9.80. The summed E-state index contributed by atoms with van der Waals surface area (Å²) < 4.78 is 5.69. The molecular formula is C13H23NO. The first-order valence-corrected chi connectivity index (χ1v) is 6.61. The zero-order valence-electron chi connectivity index (χ0n) is 9.80. The molecule has 0 aromatic heterocycles. The molecule has 3 fully saturated rings. The zero-order chi connectivity index (χ0) is 10.3. The van der Waals surface area contributed by atoms with E-state index in [1.165, 1.54) is 51.5 Å². The third kappa shape index (κ3) is 1.83. The Morgan fingerprint density at radius 1 is 1.27 bits per heavy atom. The van der Waals surface area contributed by atoms with Gasteiger partial charge in [-0.15, -0.1) is 0 Å². The Balaban J connectivity index is 1.54. The molecule has 0 heterocycles. The van der Waals surface area contributed by atoms with Gasteiger partial charge in [-0.25, -0.2) is 0 Å². The van der Waals surface area contributed by atoms with Gasteiger partial charge in [0, 0.05) is 18.6 Å². The topological polar surface area (TPSA) is 21.3 Å². The quantitative estimate of drug-likeness (QED) is 0.767. The van der Waals surface area contributed by atoms with Gasteiger partial charge in [0.25, 0.3) is 0 Å². The summed E-state index contributed by atoms with van der Waals surface area (Å²) in [5, 5.41) is 3.68. The number of methoxy groups -OCH3 is 1. The van der Waals surface area contributed by atoms with Crippen molar-refractivity contribution in [3.8, 4) is 0 Å². The van der Waals surface area contributed by atoms with E-state index < -0.39 is 0 Å². The van der Waals surface area contributed by atoms with Crippen molar-refractivity contribution in [1.29, 1.82) is 0 Å². The first kappa shape index (κ1) is 10.1. The van der Waals surface area contributed by atoms with E-state index in [-0.39, 0.29) is 0 Å². The molecule has 15 heavy (non-hydrogen) atoms. The van der Waals surface area contributed by atoms with Gasteiger partial charge >= 0.3 is 0 Å². The molecule has 3 saturated carbocycles. The van der Waals surface area contributed by atoms with Crippen molar-refractivity contribution in [2.45, 2.75) is 57.1 Å². The predicted molar refractivity (Wildman–Crippen MR) is 60.8 cm³/mol. The molecule has 0 aliphatic heterocycles. The maximum absolute atomic E-state index is 5.69. The van der Waals surface area contributed by atoms with Crippen molar-refractivity contribution < 1.29 is 4.74 Å². The molecule has 0 aromatic rings. The SMILES string of the molecule is COC1CCCCC12CC2CNC1CC1. The number of hydrogen-bond acceptors (Lipinski definition) is 2. The summed E-state index contributed by atoms with van der Waals surface area (Å²) in [5.41, 5.74) is 0.592. The van der Waals surface area contributed by atoms with Crippen LogP contribution in [-0.4, -0.2) is 25.8 Å². The highest BCUT2D eigenvalue weighted by Crippen LogP contribution is 2.61. The normalized spacial score (nSPS) is 44.6. The Kier molecular flexibility index (Phi) is 2.52. The number of hydrogen-bond donors (Lipinski definition) is 1. The summed E-state index contributed by atoms with van der Waals surface area (Å²) in [5.74, 6) is 0.920. The van der Waals surface area contributed by atoms with Crippen LogP contribution in [0.5, 0.6) is 0 Å². The van der Waals surface area contributed by atoms with Crippen LogP contribution in [0.25, 0.3) is 0 Å². The van der Waals surface area contributed by atoms with Crippen LogP contribution in [0.4, 0.5) is 0 Å². The van der Waals surface area contributed by atoms with Gasteiger partial charge in [-0.2, -0.15) is 0 Å². The highest BCUT2D eigenvalue weighted by atomic mass is 16.5. The molecule has 3 unspecified atom stereocenters. The van der Waals surface area contributed by atoms with Gasteiger partial charge in [0.1, 0.15) is 0 Å². The fraction of sp³-hybridized carbons (Fsp3) is 1.00. The van der Waals surface area contributed by atoms with Crippen molar-refractivity contribution in [1.82, 2.24) is 5.32 Å². The molecule has 0 bridgehead atoms. The third-order valence-corrected chi connectivity index (χ3v) is 4.79. The summed E-state index contributed by atoms with van der Waals surface area (Å²) in [7, 11) is 1.90. The highest BCUT2D eigenvalue weighted by molar-refractivity contribution is 5.09. The van der Waals surface area contributed by atoms with E-state index in [0.29, 0.717) is 11.5 Å². The monoisotopic (exact) mass is 209 g/mol. The Morgan fingerprint density at radius 3 is 2.87 bits per heavy atom. The molecule has 3 atom stereocenters. The second kappa shape index (κ2) is 3.74. The van der Waals surface area contributed by atoms with E-state index in [2.05, 4.69) is 5.32 Å². The molecule has 0 saturated heterocycles. The van der Waals surface area contributed by atoms with Gasteiger partial charge in [0.2, 0.25) is 0 Å². The molecule has 1 spiro atoms. The van der Waals surface area contributed by atoms with Crippen LogP contribution in [0, 0.1) is 11.3 Å². The lowest BCUT2D eigenvalue weighted by atomic mass is 9.81. The molecule has 1 N–H and O–H groups in total. The van der Waals surface area contributed by atoms with E-state index in [4.69, 9.17) is 4.74 Å². The van der Waals surface area contributed by atoms with Crippen molar-refractivity contribution in [3.63, 3.8) is 0 Å². The lowest BCUT2D eigenvalue weighted by Crippen LogP contribution is -2.32. The van der Waals surface area contributed by atoms with E-state index >= 15 is 0 Å². The van der Waals surface area contributed by atoms with Crippen LogP contribution in [0.3, 0.4) is 0 Å². The van der Waals surface area contributed by atoms with Gasteiger partial charge in [0.05, 0.1) is 6.10 Å². The Morgan fingerprint density at radius 2 is 2.13 bits per heavy atom. The largest absolute Gasteiger partial charge is 0.381 e. The number of rotatable bonds is 4. The van der Waals surface area contributed by atoms with Crippen LogP contribution in [0.15, 0.2) is 0 Å². The minimum absolute atomic E-state index is 0.567. The van der Waals surface area contributed by atoms with Gasteiger partial charge in [-0.1, -0.05) is 12.8 Å². The van der Waals surface area contributed by atoms with Crippen LogP contribution in [-0.2, 0) is 4.74 Å². The standard InChI is InChI=1S/C13H23NO/c1-15-12-4-2-3-7-13(12)8-10(13)9-14-11-5-6-11/h10-12,14H,2-9H2,1H3. The van der Waals surface area contributed by atoms with Crippen LogP contribution < -0.4 is 5.32 Å². The molecule has 86 valence electrons. The fourth-order valence-electron chi connectivity index (χ4n) is 3.56. The van der Waals surface area contributed by atoms with Crippen LogP contribution in [0.1, 0.15) is 44.9 Å². The molecule has 0 aromatic carbocycles. The molecular weight excluding hydrogens is 186 g/mol. The molecule has 3 aliphatic rings. The molecule has 2 heteroatoms. The third-order valence-electron chi connectivity index (χ3n) is 4.79.